The van der Waals surface area contributed by atoms with Gasteiger partial charge in [-0.1, -0.05) is 33.8 Å². The van der Waals surface area contributed by atoms with E-state index in [1.165, 1.54) is 0 Å². The lowest BCUT2D eigenvalue weighted by atomic mass is 9.95. The minimum Gasteiger partial charge on any atom is -0.352 e. The maximum absolute atomic E-state index is 12.8. The normalized spacial score (nSPS) is 17.5. The number of amides is 3. The summed E-state index contributed by atoms with van der Waals surface area (Å²) in [5.41, 5.74) is 0.653. The van der Waals surface area contributed by atoms with Gasteiger partial charge in [0.1, 0.15) is 0 Å². The predicted octanol–water partition coefficient (Wildman–Crippen LogP) is 2.80. The van der Waals surface area contributed by atoms with Crippen molar-refractivity contribution in [3.05, 3.63) is 29.8 Å². The summed E-state index contributed by atoms with van der Waals surface area (Å²) in [6.07, 6.45) is 2.19. The Bertz CT molecular complexity index is 679. The van der Waals surface area contributed by atoms with Crippen LogP contribution in [0.4, 0.5) is 5.69 Å². The van der Waals surface area contributed by atoms with Crippen molar-refractivity contribution < 1.29 is 14.4 Å². The van der Waals surface area contributed by atoms with Gasteiger partial charge in [-0.3, -0.25) is 14.4 Å². The van der Waals surface area contributed by atoms with E-state index in [9.17, 15) is 14.4 Å². The zero-order valence-electron chi connectivity index (χ0n) is 16.1. The standard InChI is InChI=1S/C20H29N3O3/c1-5-17(24)21-16-10-7-11-23(13-16)18(25)14-8-6-9-15(12-14)22-19(26)20(2,3)4/h6,8-9,12,16H,5,7,10-11,13H2,1-4H3,(H,21,24)(H,22,26). The van der Waals surface area contributed by atoms with Crippen LogP contribution in [0.2, 0.25) is 0 Å². The summed E-state index contributed by atoms with van der Waals surface area (Å²) >= 11 is 0. The first kappa shape index (κ1) is 19.9. The van der Waals surface area contributed by atoms with Crippen LogP contribution in [0.3, 0.4) is 0 Å². The number of carbonyl (C=O) groups excluding carboxylic acids is 3. The molecule has 3 amide bonds. The Kier molecular flexibility index (Phi) is 6.40. The lowest BCUT2D eigenvalue weighted by molar-refractivity contribution is -0.123. The number of nitrogens with zero attached hydrogens (tertiary/aromatic N) is 1. The molecule has 2 N–H and O–H groups in total. The van der Waals surface area contributed by atoms with Crippen molar-refractivity contribution in [1.29, 1.82) is 0 Å². The van der Waals surface area contributed by atoms with Gasteiger partial charge in [-0.05, 0) is 31.0 Å². The molecule has 1 aliphatic heterocycles. The van der Waals surface area contributed by atoms with Crippen molar-refractivity contribution >= 4 is 23.4 Å². The van der Waals surface area contributed by atoms with E-state index in [0.717, 1.165) is 12.8 Å². The summed E-state index contributed by atoms with van der Waals surface area (Å²) in [5, 5.41) is 5.82. The van der Waals surface area contributed by atoms with Crippen LogP contribution >= 0.6 is 0 Å². The van der Waals surface area contributed by atoms with E-state index >= 15 is 0 Å². The molecule has 142 valence electrons. The van der Waals surface area contributed by atoms with Gasteiger partial charge in [-0.2, -0.15) is 0 Å². The molecule has 0 aliphatic carbocycles. The Balaban J connectivity index is 2.06. The molecule has 1 saturated heterocycles. The van der Waals surface area contributed by atoms with Gasteiger partial charge in [0.25, 0.3) is 5.91 Å². The van der Waals surface area contributed by atoms with Gasteiger partial charge in [0.2, 0.25) is 11.8 Å². The van der Waals surface area contributed by atoms with Gasteiger partial charge >= 0.3 is 0 Å². The summed E-state index contributed by atoms with van der Waals surface area (Å²) < 4.78 is 0. The Morgan fingerprint density at radius 2 is 1.96 bits per heavy atom. The third kappa shape index (κ3) is 5.31. The van der Waals surface area contributed by atoms with Crippen LogP contribution in [0.15, 0.2) is 24.3 Å². The Morgan fingerprint density at radius 1 is 1.23 bits per heavy atom. The molecule has 6 nitrogen and oxygen atoms in total. The van der Waals surface area contributed by atoms with Gasteiger partial charge in [-0.25, -0.2) is 0 Å². The van der Waals surface area contributed by atoms with E-state index in [1.807, 2.05) is 27.7 Å². The van der Waals surface area contributed by atoms with Crippen LogP contribution in [0.5, 0.6) is 0 Å². The average Bonchev–Trinajstić information content (AvgIpc) is 2.60. The van der Waals surface area contributed by atoms with E-state index in [-0.39, 0.29) is 23.8 Å². The minimum absolute atomic E-state index is 0.00364. The molecule has 1 aromatic carbocycles. The molecular weight excluding hydrogens is 330 g/mol. The smallest absolute Gasteiger partial charge is 0.253 e. The molecule has 0 radical (unpaired) electrons. The summed E-state index contributed by atoms with van der Waals surface area (Å²) in [7, 11) is 0. The van der Waals surface area contributed by atoms with Gasteiger partial charge in [0.15, 0.2) is 0 Å². The Morgan fingerprint density at radius 3 is 2.62 bits per heavy atom. The molecule has 0 saturated carbocycles. The van der Waals surface area contributed by atoms with Crippen molar-refractivity contribution in [2.24, 2.45) is 5.41 Å². The van der Waals surface area contributed by atoms with Crippen LogP contribution in [-0.2, 0) is 9.59 Å². The lowest BCUT2D eigenvalue weighted by Gasteiger charge is -2.33. The van der Waals surface area contributed by atoms with Crippen molar-refractivity contribution in [2.45, 2.75) is 53.0 Å². The zero-order valence-corrected chi connectivity index (χ0v) is 16.1. The number of carbonyl (C=O) groups is 3. The van der Waals surface area contributed by atoms with Crippen molar-refractivity contribution in [3.8, 4) is 0 Å². The molecule has 26 heavy (non-hydrogen) atoms. The van der Waals surface area contributed by atoms with Crippen molar-refractivity contribution in [1.82, 2.24) is 10.2 Å². The highest BCUT2D eigenvalue weighted by Gasteiger charge is 2.26. The summed E-state index contributed by atoms with van der Waals surface area (Å²) in [5.74, 6) is -0.161. The molecule has 1 atom stereocenters. The second-order valence-corrected chi connectivity index (χ2v) is 7.80. The first-order valence-electron chi connectivity index (χ1n) is 9.21. The molecule has 2 rings (SSSR count). The van der Waals surface area contributed by atoms with Gasteiger partial charge in [-0.15, -0.1) is 0 Å². The monoisotopic (exact) mass is 359 g/mol. The minimum atomic E-state index is -0.502. The molecule has 1 fully saturated rings. The fourth-order valence-corrected chi connectivity index (χ4v) is 2.84. The summed E-state index contributed by atoms with van der Waals surface area (Å²) in [6, 6.07) is 7.01. The number of benzene rings is 1. The fourth-order valence-electron chi connectivity index (χ4n) is 2.84. The molecule has 1 unspecified atom stereocenters. The second kappa shape index (κ2) is 8.34. The maximum Gasteiger partial charge on any atom is 0.253 e. The van der Waals surface area contributed by atoms with Crippen molar-refractivity contribution in [2.75, 3.05) is 18.4 Å². The first-order chi connectivity index (χ1) is 12.2. The number of anilines is 1. The number of piperidine rings is 1. The lowest BCUT2D eigenvalue weighted by Crippen LogP contribution is -2.49. The van der Waals surface area contributed by atoms with E-state index in [1.54, 1.807) is 29.2 Å². The molecule has 1 heterocycles. The van der Waals surface area contributed by atoms with E-state index < -0.39 is 5.41 Å². The van der Waals surface area contributed by atoms with Crippen molar-refractivity contribution in [3.63, 3.8) is 0 Å². The van der Waals surface area contributed by atoms with E-state index in [4.69, 9.17) is 0 Å². The van der Waals surface area contributed by atoms with Gasteiger partial charge < -0.3 is 15.5 Å². The number of rotatable bonds is 4. The second-order valence-electron chi connectivity index (χ2n) is 7.80. The van der Waals surface area contributed by atoms with E-state index in [2.05, 4.69) is 10.6 Å². The molecule has 1 aliphatic rings. The Labute approximate surface area is 155 Å². The largest absolute Gasteiger partial charge is 0.352 e. The van der Waals surface area contributed by atoms with Crippen LogP contribution in [0.1, 0.15) is 57.3 Å². The van der Waals surface area contributed by atoms with E-state index in [0.29, 0.717) is 30.8 Å². The topological polar surface area (TPSA) is 78.5 Å². The molecule has 6 heteroatoms. The predicted molar refractivity (Wildman–Crippen MR) is 102 cm³/mol. The molecule has 0 aromatic heterocycles. The number of hydrogen-bond donors (Lipinski definition) is 2. The van der Waals surface area contributed by atoms with Crippen LogP contribution in [-0.4, -0.2) is 41.8 Å². The molecule has 1 aromatic rings. The highest BCUT2D eigenvalue weighted by atomic mass is 16.2. The quantitative estimate of drug-likeness (QED) is 0.868. The molecule has 0 spiro atoms. The number of nitrogens with one attached hydrogen (secondary N) is 2. The molecular formula is C20H29N3O3. The SMILES string of the molecule is CCC(=O)NC1CCCN(C(=O)c2cccc(NC(=O)C(C)(C)C)c2)C1. The maximum atomic E-state index is 12.8. The highest BCUT2D eigenvalue weighted by Crippen LogP contribution is 2.20. The average molecular weight is 359 g/mol. The van der Waals surface area contributed by atoms with Gasteiger partial charge in [0.05, 0.1) is 0 Å². The fraction of sp³-hybridized carbons (Fsp3) is 0.550. The Hall–Kier alpha value is -2.37. The van der Waals surface area contributed by atoms with Gasteiger partial charge in [0, 0.05) is 42.2 Å². The third-order valence-electron chi connectivity index (χ3n) is 4.44. The summed E-state index contributed by atoms with van der Waals surface area (Å²) in [6.45, 7) is 8.54. The number of likely N-dealkylation sites (tertiary alicyclic amines) is 1. The van der Waals surface area contributed by atoms with Crippen LogP contribution in [0, 0.1) is 5.41 Å². The zero-order chi connectivity index (χ0) is 19.3. The molecule has 0 bridgehead atoms. The highest BCUT2D eigenvalue weighted by molar-refractivity contribution is 5.98. The number of hydrogen-bond acceptors (Lipinski definition) is 3. The van der Waals surface area contributed by atoms with Crippen LogP contribution < -0.4 is 10.6 Å². The van der Waals surface area contributed by atoms with Crippen LogP contribution in [0.25, 0.3) is 0 Å². The summed E-state index contributed by atoms with van der Waals surface area (Å²) in [4.78, 5) is 38.4. The first-order valence-corrected chi connectivity index (χ1v) is 9.21. The third-order valence-corrected chi connectivity index (χ3v) is 4.44.